The van der Waals surface area contributed by atoms with Crippen LogP contribution in [0, 0.1) is 0 Å². The molecule has 0 saturated heterocycles. The minimum Gasteiger partial charge on any atom is -0.490 e. The van der Waals surface area contributed by atoms with Crippen molar-refractivity contribution >= 4 is 39.7 Å². The maximum Gasteiger partial charge on any atom is 0.230 e. The lowest BCUT2D eigenvalue weighted by molar-refractivity contribution is -0.119. The summed E-state index contributed by atoms with van der Waals surface area (Å²) in [6, 6.07) is 31.0. The molecular weight excluding hydrogens is 432 g/mol. The monoisotopic (exact) mass is 456 g/mol. The van der Waals surface area contributed by atoms with E-state index in [2.05, 4.69) is 10.6 Å². The van der Waals surface area contributed by atoms with Crippen LogP contribution in [-0.2, 0) is 11.2 Å². The zero-order valence-electron chi connectivity index (χ0n) is 18.0. The maximum atomic E-state index is 12.6. The predicted molar refractivity (Wildman–Crippen MR) is 136 cm³/mol. The van der Waals surface area contributed by atoms with Crippen molar-refractivity contribution in [3.05, 3.63) is 103 Å². The third-order valence-corrected chi connectivity index (χ3v) is 5.18. The van der Waals surface area contributed by atoms with Gasteiger partial charge in [-0.1, -0.05) is 72.8 Å². The summed E-state index contributed by atoms with van der Waals surface area (Å²) in [5, 5.41) is 8.20. The molecule has 0 heterocycles. The number of benzene rings is 4. The first-order valence-electron chi connectivity index (χ1n) is 10.7. The van der Waals surface area contributed by atoms with Gasteiger partial charge in [-0.25, -0.2) is 0 Å². The zero-order chi connectivity index (χ0) is 22.9. The number of carbonyl (C=O) groups is 1. The van der Waals surface area contributed by atoms with Gasteiger partial charge in [0.2, 0.25) is 5.91 Å². The number of ether oxygens (including phenoxy) is 2. The highest BCUT2D eigenvalue weighted by molar-refractivity contribution is 7.80. The van der Waals surface area contributed by atoms with Crippen molar-refractivity contribution in [1.82, 2.24) is 5.32 Å². The molecule has 0 saturated carbocycles. The van der Waals surface area contributed by atoms with Crippen LogP contribution in [0.2, 0.25) is 0 Å². The Balaban J connectivity index is 1.30. The van der Waals surface area contributed by atoms with Crippen LogP contribution in [0.1, 0.15) is 5.56 Å². The summed E-state index contributed by atoms with van der Waals surface area (Å²) in [5.41, 5.74) is 1.63. The van der Waals surface area contributed by atoms with E-state index < -0.39 is 0 Å². The Morgan fingerprint density at radius 1 is 0.758 bits per heavy atom. The third-order valence-electron chi connectivity index (χ3n) is 4.97. The zero-order valence-corrected chi connectivity index (χ0v) is 18.8. The summed E-state index contributed by atoms with van der Waals surface area (Å²) in [5.74, 6) is 1.24. The van der Waals surface area contributed by atoms with Gasteiger partial charge in [0.15, 0.2) is 5.11 Å². The third kappa shape index (κ3) is 6.30. The van der Waals surface area contributed by atoms with Crippen LogP contribution >= 0.6 is 12.2 Å². The fourth-order valence-corrected chi connectivity index (χ4v) is 3.69. The quantitative estimate of drug-likeness (QED) is 0.276. The molecule has 0 aliphatic heterocycles. The summed E-state index contributed by atoms with van der Waals surface area (Å²) < 4.78 is 11.5. The Kier molecular flexibility index (Phi) is 7.51. The number of fused-ring (bicyclic) bond motifs is 1. The van der Waals surface area contributed by atoms with Gasteiger partial charge < -0.3 is 20.1 Å². The number of para-hydroxylation sites is 3. The standard InChI is InChI=1S/C27H24N2O3S/c30-26(19-21-11-8-10-20-9-4-5-14-23(20)21)29-27(33)28-24-15-6-7-16-25(24)32-18-17-31-22-12-2-1-3-13-22/h1-16H,17-19H2,(H2,28,29,30,33). The summed E-state index contributed by atoms with van der Waals surface area (Å²) in [7, 11) is 0. The number of hydrogen-bond donors (Lipinski definition) is 2. The van der Waals surface area contributed by atoms with E-state index in [1.54, 1.807) is 0 Å². The Morgan fingerprint density at radius 2 is 1.45 bits per heavy atom. The average Bonchev–Trinajstić information content (AvgIpc) is 2.83. The lowest BCUT2D eigenvalue weighted by Crippen LogP contribution is -2.35. The normalized spacial score (nSPS) is 10.4. The molecule has 0 fully saturated rings. The van der Waals surface area contributed by atoms with Gasteiger partial charge in [-0.2, -0.15) is 0 Å². The molecule has 0 bridgehead atoms. The minimum absolute atomic E-state index is 0.182. The molecule has 5 nitrogen and oxygen atoms in total. The molecule has 1 amide bonds. The van der Waals surface area contributed by atoms with Crippen LogP contribution in [0.25, 0.3) is 10.8 Å². The second-order valence-corrected chi connectivity index (χ2v) is 7.73. The van der Waals surface area contributed by atoms with Gasteiger partial charge in [0.25, 0.3) is 0 Å². The number of amides is 1. The highest BCUT2D eigenvalue weighted by Gasteiger charge is 2.11. The SMILES string of the molecule is O=C(Cc1cccc2ccccc12)NC(=S)Nc1ccccc1OCCOc1ccccc1. The molecule has 0 aliphatic carbocycles. The Labute approximate surface area is 198 Å². The lowest BCUT2D eigenvalue weighted by Gasteiger charge is -2.15. The van der Waals surface area contributed by atoms with Crippen LogP contribution in [0.15, 0.2) is 97.1 Å². The molecule has 0 aliphatic rings. The molecule has 4 rings (SSSR count). The number of carbonyl (C=O) groups excluding carboxylic acids is 1. The van der Waals surface area contributed by atoms with Gasteiger partial charge in [-0.3, -0.25) is 4.79 Å². The van der Waals surface area contributed by atoms with Gasteiger partial charge >= 0.3 is 0 Å². The van der Waals surface area contributed by atoms with Crippen molar-refractivity contribution < 1.29 is 14.3 Å². The van der Waals surface area contributed by atoms with Crippen molar-refractivity contribution in [2.75, 3.05) is 18.5 Å². The van der Waals surface area contributed by atoms with Crippen molar-refractivity contribution in [2.45, 2.75) is 6.42 Å². The van der Waals surface area contributed by atoms with E-state index in [0.717, 1.165) is 22.1 Å². The number of thiocarbonyl (C=S) groups is 1. The van der Waals surface area contributed by atoms with E-state index in [4.69, 9.17) is 21.7 Å². The molecule has 0 radical (unpaired) electrons. The van der Waals surface area contributed by atoms with Crippen molar-refractivity contribution in [3.8, 4) is 11.5 Å². The summed E-state index contributed by atoms with van der Waals surface area (Å²) in [4.78, 5) is 12.6. The van der Waals surface area contributed by atoms with Crippen molar-refractivity contribution in [2.24, 2.45) is 0 Å². The number of nitrogens with one attached hydrogen (secondary N) is 2. The fraction of sp³-hybridized carbons (Fsp3) is 0.111. The van der Waals surface area contributed by atoms with Gasteiger partial charge in [-0.15, -0.1) is 0 Å². The van der Waals surface area contributed by atoms with Gasteiger partial charge in [0.1, 0.15) is 24.7 Å². The Hall–Kier alpha value is -3.90. The van der Waals surface area contributed by atoms with Crippen LogP contribution in [0.4, 0.5) is 5.69 Å². The van der Waals surface area contributed by atoms with E-state index in [-0.39, 0.29) is 17.4 Å². The molecule has 0 aromatic heterocycles. The van der Waals surface area contributed by atoms with Crippen molar-refractivity contribution in [3.63, 3.8) is 0 Å². The molecule has 0 spiro atoms. The molecule has 166 valence electrons. The second kappa shape index (κ2) is 11.1. The molecule has 33 heavy (non-hydrogen) atoms. The minimum atomic E-state index is -0.182. The predicted octanol–water partition coefficient (Wildman–Crippen LogP) is 5.35. The van der Waals surface area contributed by atoms with Crippen LogP contribution in [0.5, 0.6) is 11.5 Å². The first-order chi connectivity index (χ1) is 16.2. The molecule has 2 N–H and O–H groups in total. The van der Waals surface area contributed by atoms with Crippen molar-refractivity contribution in [1.29, 1.82) is 0 Å². The molecule has 6 heteroatoms. The van der Waals surface area contributed by atoms with Crippen LogP contribution < -0.4 is 20.1 Å². The molecule has 0 unspecified atom stereocenters. The molecule has 4 aromatic carbocycles. The summed E-state index contributed by atoms with van der Waals surface area (Å²) in [6.45, 7) is 0.776. The van der Waals surface area contributed by atoms with E-state index in [0.29, 0.717) is 24.7 Å². The van der Waals surface area contributed by atoms with E-state index >= 15 is 0 Å². The van der Waals surface area contributed by atoms with Gasteiger partial charge in [-0.05, 0) is 52.8 Å². The topological polar surface area (TPSA) is 59.6 Å². The number of anilines is 1. The molecule has 0 atom stereocenters. The lowest BCUT2D eigenvalue weighted by atomic mass is 10.0. The Morgan fingerprint density at radius 3 is 2.33 bits per heavy atom. The summed E-state index contributed by atoms with van der Waals surface area (Å²) in [6.07, 6.45) is 0.234. The van der Waals surface area contributed by atoms with Crippen LogP contribution in [0.3, 0.4) is 0 Å². The largest absolute Gasteiger partial charge is 0.490 e. The first kappa shape index (κ1) is 22.3. The van der Waals surface area contributed by atoms with E-state index in [1.165, 1.54) is 0 Å². The van der Waals surface area contributed by atoms with E-state index in [9.17, 15) is 4.79 Å². The fourth-order valence-electron chi connectivity index (χ4n) is 3.47. The number of rotatable bonds is 8. The van der Waals surface area contributed by atoms with Gasteiger partial charge in [0, 0.05) is 0 Å². The molecular formula is C27H24N2O3S. The smallest absolute Gasteiger partial charge is 0.230 e. The Bertz CT molecular complexity index is 1240. The molecule has 4 aromatic rings. The highest BCUT2D eigenvalue weighted by Crippen LogP contribution is 2.24. The maximum absolute atomic E-state index is 12.6. The summed E-state index contributed by atoms with van der Waals surface area (Å²) >= 11 is 5.36. The number of hydrogen-bond acceptors (Lipinski definition) is 4. The second-order valence-electron chi connectivity index (χ2n) is 7.32. The van der Waals surface area contributed by atoms with Crippen LogP contribution in [-0.4, -0.2) is 24.2 Å². The van der Waals surface area contributed by atoms with Gasteiger partial charge in [0.05, 0.1) is 12.1 Å². The highest BCUT2D eigenvalue weighted by atomic mass is 32.1. The first-order valence-corrected chi connectivity index (χ1v) is 11.1. The van der Waals surface area contributed by atoms with E-state index in [1.807, 2.05) is 97.1 Å². The average molecular weight is 457 g/mol.